The lowest BCUT2D eigenvalue weighted by Gasteiger charge is -2.35. The van der Waals surface area contributed by atoms with Crippen LogP contribution in [-0.2, 0) is 4.74 Å². The predicted molar refractivity (Wildman–Crippen MR) is 82.8 cm³/mol. The molecule has 2 unspecified atom stereocenters. The van der Waals surface area contributed by atoms with Gasteiger partial charge in [0.25, 0.3) is 0 Å². The Kier molecular flexibility index (Phi) is 4.69. The van der Waals surface area contributed by atoms with Gasteiger partial charge in [-0.25, -0.2) is 4.39 Å². The summed E-state index contributed by atoms with van der Waals surface area (Å²) in [4.78, 5) is 0. The molecule has 0 bridgehead atoms. The summed E-state index contributed by atoms with van der Waals surface area (Å²) in [6.07, 6.45) is -0.0529. The summed E-state index contributed by atoms with van der Waals surface area (Å²) in [5.74, 6) is 0.521. The van der Waals surface area contributed by atoms with E-state index < -0.39 is 0 Å². The number of nitrogens with one attached hydrogen (secondary N) is 1. The molecule has 0 saturated heterocycles. The number of hydrogen-bond acceptors (Lipinski definition) is 3. The van der Waals surface area contributed by atoms with Crippen molar-refractivity contribution >= 4 is 11.0 Å². The zero-order valence-corrected chi connectivity index (χ0v) is 13.4. The van der Waals surface area contributed by atoms with Crippen molar-refractivity contribution in [3.05, 3.63) is 35.8 Å². The van der Waals surface area contributed by atoms with Crippen LogP contribution >= 0.6 is 0 Å². The third kappa shape index (κ3) is 3.44. The van der Waals surface area contributed by atoms with Crippen LogP contribution in [0.3, 0.4) is 0 Å². The number of halogens is 1. The van der Waals surface area contributed by atoms with E-state index in [1.54, 1.807) is 13.2 Å². The van der Waals surface area contributed by atoms with Gasteiger partial charge in [-0.2, -0.15) is 0 Å². The van der Waals surface area contributed by atoms with Gasteiger partial charge in [0.05, 0.1) is 12.1 Å². The maximum atomic E-state index is 13.3. The molecule has 1 heterocycles. The standard InChI is InChI=1S/C17H24FNO2/c1-6-19-15(16(20-5)17(2,3)4)14-10-11-9-12(18)7-8-13(11)21-14/h7-10,15-16,19H,6H2,1-5H3. The van der Waals surface area contributed by atoms with Crippen molar-refractivity contribution in [2.24, 2.45) is 5.41 Å². The van der Waals surface area contributed by atoms with E-state index in [2.05, 4.69) is 26.1 Å². The van der Waals surface area contributed by atoms with Crippen LogP contribution in [0.5, 0.6) is 0 Å². The molecule has 0 fully saturated rings. The van der Waals surface area contributed by atoms with Crippen molar-refractivity contribution < 1.29 is 13.5 Å². The van der Waals surface area contributed by atoms with Gasteiger partial charge in [0.2, 0.25) is 0 Å². The van der Waals surface area contributed by atoms with E-state index in [9.17, 15) is 4.39 Å². The molecule has 1 aromatic carbocycles. The molecule has 116 valence electrons. The Labute approximate surface area is 125 Å². The van der Waals surface area contributed by atoms with E-state index >= 15 is 0 Å². The Bertz CT molecular complexity index is 600. The molecule has 0 aliphatic carbocycles. The van der Waals surface area contributed by atoms with Crippen molar-refractivity contribution in [2.45, 2.75) is 39.8 Å². The summed E-state index contributed by atoms with van der Waals surface area (Å²) in [6.45, 7) is 9.24. The normalized spacial score (nSPS) is 15.3. The van der Waals surface area contributed by atoms with Gasteiger partial charge in [-0.05, 0) is 36.2 Å². The first kappa shape index (κ1) is 16.0. The minimum Gasteiger partial charge on any atom is -0.459 e. The number of methoxy groups -OCH3 is 1. The van der Waals surface area contributed by atoms with E-state index in [1.165, 1.54) is 12.1 Å². The lowest BCUT2D eigenvalue weighted by Crippen LogP contribution is -2.41. The third-order valence-electron chi connectivity index (χ3n) is 3.64. The Morgan fingerprint density at radius 2 is 2.00 bits per heavy atom. The highest BCUT2D eigenvalue weighted by molar-refractivity contribution is 5.78. The van der Waals surface area contributed by atoms with Gasteiger partial charge in [-0.1, -0.05) is 27.7 Å². The second-order valence-corrected chi connectivity index (χ2v) is 6.39. The summed E-state index contributed by atoms with van der Waals surface area (Å²) in [5.41, 5.74) is 0.643. The minimum atomic E-state index is -0.256. The van der Waals surface area contributed by atoms with Crippen LogP contribution in [0.2, 0.25) is 0 Å². The van der Waals surface area contributed by atoms with E-state index in [0.717, 1.165) is 17.7 Å². The molecule has 0 aliphatic heterocycles. The van der Waals surface area contributed by atoms with Gasteiger partial charge >= 0.3 is 0 Å². The van der Waals surface area contributed by atoms with Gasteiger partial charge in [0.15, 0.2) is 0 Å². The lowest BCUT2D eigenvalue weighted by atomic mass is 9.83. The van der Waals surface area contributed by atoms with Crippen molar-refractivity contribution in [2.75, 3.05) is 13.7 Å². The fraction of sp³-hybridized carbons (Fsp3) is 0.529. The molecule has 1 aromatic heterocycles. The molecule has 2 aromatic rings. The summed E-state index contributed by atoms with van der Waals surface area (Å²) in [5, 5.41) is 4.19. The molecule has 3 nitrogen and oxygen atoms in total. The van der Waals surface area contributed by atoms with E-state index in [-0.39, 0.29) is 23.4 Å². The first-order chi connectivity index (χ1) is 9.86. The Morgan fingerprint density at radius 1 is 1.29 bits per heavy atom. The van der Waals surface area contributed by atoms with Gasteiger partial charge < -0.3 is 14.5 Å². The molecule has 21 heavy (non-hydrogen) atoms. The molecule has 0 saturated carbocycles. The second-order valence-electron chi connectivity index (χ2n) is 6.39. The van der Waals surface area contributed by atoms with Crippen molar-refractivity contribution in [3.63, 3.8) is 0 Å². The Hall–Kier alpha value is -1.39. The average Bonchev–Trinajstić information content (AvgIpc) is 2.79. The maximum absolute atomic E-state index is 13.3. The zero-order valence-electron chi connectivity index (χ0n) is 13.4. The smallest absolute Gasteiger partial charge is 0.134 e. The topological polar surface area (TPSA) is 34.4 Å². The van der Waals surface area contributed by atoms with Gasteiger partial charge in [-0.3, -0.25) is 0 Å². The molecule has 0 spiro atoms. The molecule has 0 radical (unpaired) electrons. The molecule has 0 amide bonds. The van der Waals surface area contributed by atoms with Crippen molar-refractivity contribution in [1.29, 1.82) is 0 Å². The molecule has 2 rings (SSSR count). The van der Waals surface area contributed by atoms with Gasteiger partial charge in [-0.15, -0.1) is 0 Å². The van der Waals surface area contributed by atoms with E-state index in [1.807, 2.05) is 13.0 Å². The molecule has 0 aliphatic rings. The number of fused-ring (bicyclic) bond motifs is 1. The van der Waals surface area contributed by atoms with Crippen LogP contribution in [0.1, 0.15) is 39.5 Å². The first-order valence-electron chi connectivity index (χ1n) is 7.32. The van der Waals surface area contributed by atoms with Crippen molar-refractivity contribution in [1.82, 2.24) is 5.32 Å². The average molecular weight is 293 g/mol. The number of hydrogen-bond donors (Lipinski definition) is 1. The van der Waals surface area contributed by atoms with Crippen LogP contribution in [0.15, 0.2) is 28.7 Å². The highest BCUT2D eigenvalue weighted by Crippen LogP contribution is 2.35. The number of ether oxygens (including phenoxy) is 1. The van der Waals surface area contributed by atoms with Gasteiger partial charge in [0, 0.05) is 12.5 Å². The highest BCUT2D eigenvalue weighted by atomic mass is 19.1. The first-order valence-corrected chi connectivity index (χ1v) is 7.32. The lowest BCUT2D eigenvalue weighted by molar-refractivity contribution is -0.0162. The minimum absolute atomic E-state index is 0.0498. The summed E-state index contributed by atoms with van der Waals surface area (Å²) in [7, 11) is 1.71. The SMILES string of the molecule is CCNC(c1cc2cc(F)ccc2o1)C(OC)C(C)(C)C. The zero-order chi connectivity index (χ0) is 15.6. The maximum Gasteiger partial charge on any atom is 0.134 e. The number of likely N-dealkylation sites (N-methyl/N-ethyl adjacent to an activating group) is 1. The van der Waals surface area contributed by atoms with E-state index in [0.29, 0.717) is 5.58 Å². The van der Waals surface area contributed by atoms with Crippen LogP contribution in [-0.4, -0.2) is 19.8 Å². The molecular weight excluding hydrogens is 269 g/mol. The highest BCUT2D eigenvalue weighted by Gasteiger charge is 2.34. The third-order valence-corrected chi connectivity index (χ3v) is 3.64. The fourth-order valence-corrected chi connectivity index (χ4v) is 2.75. The molecule has 4 heteroatoms. The Balaban J connectivity index is 2.44. The number of rotatable bonds is 5. The monoisotopic (exact) mass is 293 g/mol. The summed E-state index contributed by atoms with van der Waals surface area (Å²) in [6, 6.07) is 6.38. The van der Waals surface area contributed by atoms with Gasteiger partial charge in [0.1, 0.15) is 17.2 Å². The Morgan fingerprint density at radius 3 is 2.57 bits per heavy atom. The second kappa shape index (κ2) is 6.16. The summed E-state index contributed by atoms with van der Waals surface area (Å²) >= 11 is 0. The largest absolute Gasteiger partial charge is 0.459 e. The quantitative estimate of drug-likeness (QED) is 0.893. The number of furan rings is 1. The predicted octanol–water partition coefficient (Wildman–Crippen LogP) is 4.28. The van der Waals surface area contributed by atoms with Crippen LogP contribution in [0, 0.1) is 11.2 Å². The van der Waals surface area contributed by atoms with E-state index in [4.69, 9.17) is 9.15 Å². The molecule has 2 atom stereocenters. The van der Waals surface area contributed by atoms with Crippen molar-refractivity contribution in [3.8, 4) is 0 Å². The number of benzene rings is 1. The molecular formula is C17H24FNO2. The fourth-order valence-electron chi connectivity index (χ4n) is 2.75. The van der Waals surface area contributed by atoms with Crippen LogP contribution in [0.4, 0.5) is 4.39 Å². The summed E-state index contributed by atoms with van der Waals surface area (Å²) < 4.78 is 24.9. The van der Waals surface area contributed by atoms with Crippen LogP contribution in [0.25, 0.3) is 11.0 Å². The molecule has 1 N–H and O–H groups in total. The van der Waals surface area contributed by atoms with Crippen LogP contribution < -0.4 is 5.32 Å².